The first kappa shape index (κ1) is 20.6. The van der Waals surface area contributed by atoms with E-state index in [1.54, 1.807) is 24.3 Å². The standard InChI is InChI=1S/C21H32N4O3/c1-15(2)24-11-13-25(14-12-24)21(27)17-5-9-19(10-6-17)28-18-7-3-16(4-8-18)20(26)23-22/h3-4,7-8,15,17,19H,5-6,9-14,22H2,1-2H3,(H,23,26). The minimum Gasteiger partial charge on any atom is -0.490 e. The van der Waals surface area contributed by atoms with Crippen LogP contribution >= 0.6 is 0 Å². The Morgan fingerprint density at radius 1 is 1.04 bits per heavy atom. The Labute approximate surface area is 167 Å². The Morgan fingerprint density at radius 2 is 1.64 bits per heavy atom. The molecule has 1 aliphatic carbocycles. The number of hydrazine groups is 1. The van der Waals surface area contributed by atoms with Crippen LogP contribution in [0.25, 0.3) is 0 Å². The van der Waals surface area contributed by atoms with Gasteiger partial charge in [-0.2, -0.15) is 0 Å². The van der Waals surface area contributed by atoms with E-state index in [0.29, 0.717) is 17.5 Å². The molecule has 1 aliphatic heterocycles. The highest BCUT2D eigenvalue weighted by Crippen LogP contribution is 2.29. The second kappa shape index (κ2) is 9.39. The fourth-order valence-corrected chi connectivity index (χ4v) is 4.11. The van der Waals surface area contributed by atoms with Crippen molar-refractivity contribution >= 4 is 11.8 Å². The van der Waals surface area contributed by atoms with Crippen molar-refractivity contribution in [1.29, 1.82) is 0 Å². The summed E-state index contributed by atoms with van der Waals surface area (Å²) in [6.45, 7) is 8.05. The lowest BCUT2D eigenvalue weighted by Crippen LogP contribution is -2.52. The number of nitrogen functional groups attached to an aromatic ring is 1. The number of ether oxygens (including phenoxy) is 1. The van der Waals surface area contributed by atoms with Crippen molar-refractivity contribution in [3.05, 3.63) is 29.8 Å². The first-order chi connectivity index (χ1) is 13.5. The molecule has 2 amide bonds. The molecule has 1 heterocycles. The quantitative estimate of drug-likeness (QED) is 0.456. The lowest BCUT2D eigenvalue weighted by molar-refractivity contribution is -0.139. The van der Waals surface area contributed by atoms with Gasteiger partial charge >= 0.3 is 0 Å². The summed E-state index contributed by atoms with van der Waals surface area (Å²) in [7, 11) is 0. The molecule has 3 rings (SSSR count). The van der Waals surface area contributed by atoms with E-state index in [1.807, 2.05) is 4.90 Å². The number of benzene rings is 1. The van der Waals surface area contributed by atoms with E-state index >= 15 is 0 Å². The summed E-state index contributed by atoms with van der Waals surface area (Å²) >= 11 is 0. The Hall–Kier alpha value is -2.12. The van der Waals surface area contributed by atoms with E-state index in [1.165, 1.54) is 0 Å². The van der Waals surface area contributed by atoms with Crippen molar-refractivity contribution in [2.45, 2.75) is 51.7 Å². The van der Waals surface area contributed by atoms with Gasteiger partial charge in [0.1, 0.15) is 5.75 Å². The zero-order valence-corrected chi connectivity index (χ0v) is 16.9. The topological polar surface area (TPSA) is 87.9 Å². The maximum atomic E-state index is 12.8. The van der Waals surface area contributed by atoms with Crippen molar-refractivity contribution in [2.75, 3.05) is 26.2 Å². The number of nitrogens with one attached hydrogen (secondary N) is 1. The maximum Gasteiger partial charge on any atom is 0.265 e. The number of amides is 2. The van der Waals surface area contributed by atoms with Crippen LogP contribution in [-0.4, -0.2) is 59.9 Å². The molecule has 1 saturated heterocycles. The highest BCUT2D eigenvalue weighted by molar-refractivity contribution is 5.93. The second-order valence-corrected chi connectivity index (χ2v) is 8.04. The van der Waals surface area contributed by atoms with Crippen LogP contribution in [0.2, 0.25) is 0 Å². The summed E-state index contributed by atoms with van der Waals surface area (Å²) in [6, 6.07) is 7.52. The molecule has 154 valence electrons. The summed E-state index contributed by atoms with van der Waals surface area (Å²) < 4.78 is 6.04. The van der Waals surface area contributed by atoms with Crippen LogP contribution in [0.3, 0.4) is 0 Å². The minimum absolute atomic E-state index is 0.121. The number of carbonyl (C=O) groups is 2. The van der Waals surface area contributed by atoms with Crippen molar-refractivity contribution in [1.82, 2.24) is 15.2 Å². The van der Waals surface area contributed by atoms with Gasteiger partial charge in [-0.3, -0.25) is 19.9 Å². The van der Waals surface area contributed by atoms with Gasteiger partial charge in [0, 0.05) is 43.7 Å². The van der Waals surface area contributed by atoms with Crippen LogP contribution in [-0.2, 0) is 4.79 Å². The highest BCUT2D eigenvalue weighted by atomic mass is 16.5. The number of carbonyl (C=O) groups excluding carboxylic acids is 2. The van der Waals surface area contributed by atoms with Gasteiger partial charge in [0.25, 0.3) is 5.91 Å². The van der Waals surface area contributed by atoms with Gasteiger partial charge in [0.2, 0.25) is 5.91 Å². The zero-order valence-electron chi connectivity index (χ0n) is 16.9. The molecule has 7 nitrogen and oxygen atoms in total. The summed E-state index contributed by atoms with van der Waals surface area (Å²) in [5.74, 6) is 6.01. The fraction of sp³-hybridized carbons (Fsp3) is 0.619. The van der Waals surface area contributed by atoms with E-state index in [4.69, 9.17) is 10.6 Å². The summed E-state index contributed by atoms with van der Waals surface area (Å²) in [5.41, 5.74) is 2.62. The molecule has 1 aromatic rings. The number of piperazine rings is 1. The Kier molecular flexibility index (Phi) is 6.91. The Morgan fingerprint density at radius 3 is 2.18 bits per heavy atom. The fourth-order valence-electron chi connectivity index (χ4n) is 4.11. The van der Waals surface area contributed by atoms with Gasteiger partial charge in [0.15, 0.2) is 0 Å². The maximum absolute atomic E-state index is 12.8. The predicted octanol–water partition coefficient (Wildman–Crippen LogP) is 1.78. The van der Waals surface area contributed by atoms with E-state index in [-0.39, 0.29) is 17.9 Å². The molecule has 28 heavy (non-hydrogen) atoms. The van der Waals surface area contributed by atoms with Crippen molar-refractivity contribution in [3.8, 4) is 5.75 Å². The molecular formula is C21H32N4O3. The molecule has 7 heteroatoms. The van der Waals surface area contributed by atoms with Crippen LogP contribution < -0.4 is 16.0 Å². The zero-order chi connectivity index (χ0) is 20.1. The van der Waals surface area contributed by atoms with Gasteiger partial charge in [-0.25, -0.2) is 5.84 Å². The predicted molar refractivity (Wildman–Crippen MR) is 108 cm³/mol. The van der Waals surface area contributed by atoms with Gasteiger partial charge in [0.05, 0.1) is 6.10 Å². The minimum atomic E-state index is -0.320. The first-order valence-corrected chi connectivity index (χ1v) is 10.3. The number of nitrogens with two attached hydrogens (primary N) is 1. The number of hydrogen-bond acceptors (Lipinski definition) is 5. The third-order valence-electron chi connectivity index (χ3n) is 5.93. The summed E-state index contributed by atoms with van der Waals surface area (Å²) in [5, 5.41) is 0. The van der Waals surface area contributed by atoms with Crippen LogP contribution in [0.5, 0.6) is 5.75 Å². The van der Waals surface area contributed by atoms with E-state index in [9.17, 15) is 9.59 Å². The van der Waals surface area contributed by atoms with Gasteiger partial charge in [-0.1, -0.05) is 0 Å². The number of nitrogens with zero attached hydrogens (tertiary/aromatic N) is 2. The average Bonchev–Trinajstić information content (AvgIpc) is 2.74. The van der Waals surface area contributed by atoms with E-state index in [2.05, 4.69) is 24.2 Å². The van der Waals surface area contributed by atoms with Gasteiger partial charge in [-0.15, -0.1) is 0 Å². The molecule has 0 unspecified atom stereocenters. The molecule has 1 aromatic carbocycles. The number of rotatable bonds is 5. The smallest absolute Gasteiger partial charge is 0.265 e. The normalized spacial score (nSPS) is 23.5. The first-order valence-electron chi connectivity index (χ1n) is 10.3. The van der Waals surface area contributed by atoms with Gasteiger partial charge < -0.3 is 9.64 Å². The third-order valence-corrected chi connectivity index (χ3v) is 5.93. The van der Waals surface area contributed by atoms with Crippen LogP contribution in [0.15, 0.2) is 24.3 Å². The molecule has 1 saturated carbocycles. The van der Waals surface area contributed by atoms with Crippen LogP contribution in [0, 0.1) is 5.92 Å². The molecule has 0 aromatic heterocycles. The average molecular weight is 389 g/mol. The molecule has 2 aliphatic rings. The molecule has 2 fully saturated rings. The highest BCUT2D eigenvalue weighted by Gasteiger charge is 2.32. The Balaban J connectivity index is 1.44. The third kappa shape index (κ3) is 5.02. The molecular weight excluding hydrogens is 356 g/mol. The van der Waals surface area contributed by atoms with E-state index in [0.717, 1.165) is 57.6 Å². The number of hydrogen-bond donors (Lipinski definition) is 2. The van der Waals surface area contributed by atoms with Crippen LogP contribution in [0.4, 0.5) is 0 Å². The molecule has 0 atom stereocenters. The monoisotopic (exact) mass is 388 g/mol. The van der Waals surface area contributed by atoms with Gasteiger partial charge in [-0.05, 0) is 63.8 Å². The van der Waals surface area contributed by atoms with Crippen molar-refractivity contribution in [3.63, 3.8) is 0 Å². The van der Waals surface area contributed by atoms with Crippen molar-refractivity contribution < 1.29 is 14.3 Å². The summed E-state index contributed by atoms with van der Waals surface area (Å²) in [6.07, 6.45) is 3.64. The molecule has 0 spiro atoms. The van der Waals surface area contributed by atoms with Crippen molar-refractivity contribution in [2.24, 2.45) is 11.8 Å². The van der Waals surface area contributed by atoms with Crippen LogP contribution in [0.1, 0.15) is 49.9 Å². The Bertz CT molecular complexity index is 661. The SMILES string of the molecule is CC(C)N1CCN(C(=O)C2CCC(Oc3ccc(C(=O)NN)cc3)CC2)CC1. The lowest BCUT2D eigenvalue weighted by atomic mass is 9.86. The second-order valence-electron chi connectivity index (χ2n) is 8.04. The lowest BCUT2D eigenvalue weighted by Gasteiger charge is -2.39. The largest absolute Gasteiger partial charge is 0.490 e. The summed E-state index contributed by atoms with van der Waals surface area (Å²) in [4.78, 5) is 28.8. The molecule has 3 N–H and O–H groups in total. The van der Waals surface area contributed by atoms with E-state index < -0.39 is 0 Å². The molecule has 0 radical (unpaired) electrons. The molecule has 0 bridgehead atoms.